The van der Waals surface area contributed by atoms with Crippen molar-refractivity contribution in [2.45, 2.75) is 65.5 Å². The van der Waals surface area contributed by atoms with E-state index in [1.54, 1.807) is 6.92 Å². The highest BCUT2D eigenvalue weighted by molar-refractivity contribution is 5.12. The molecule has 2 rings (SSSR count). The van der Waals surface area contributed by atoms with Gasteiger partial charge in [0.25, 0.3) is 6.43 Å². The molecule has 2 saturated carbocycles. The van der Waals surface area contributed by atoms with E-state index in [2.05, 4.69) is 26.1 Å². The summed E-state index contributed by atoms with van der Waals surface area (Å²) in [6.45, 7) is 8.32. The van der Waals surface area contributed by atoms with Crippen LogP contribution in [-0.4, -0.2) is 18.5 Å². The molecule has 0 radical (unpaired) electrons. The average molecular weight is 231 g/mol. The number of rotatable bonds is 3. The first-order chi connectivity index (χ1) is 7.27. The van der Waals surface area contributed by atoms with E-state index in [1.807, 2.05) is 0 Å². The van der Waals surface area contributed by atoms with Crippen LogP contribution < -0.4 is 5.32 Å². The second-order valence-corrected chi connectivity index (χ2v) is 6.64. The van der Waals surface area contributed by atoms with E-state index < -0.39 is 12.5 Å². The number of fused-ring (bicyclic) bond motifs is 2. The Hall–Kier alpha value is -0.180. The SMILES string of the molecule is CC(NC1C2(C)CCC(C2)C1(C)C)C(F)F. The molecule has 94 valence electrons. The Kier molecular flexibility index (Phi) is 2.81. The van der Waals surface area contributed by atoms with Gasteiger partial charge in [0, 0.05) is 6.04 Å². The Bertz CT molecular complexity index is 272. The lowest BCUT2D eigenvalue weighted by atomic mass is 9.68. The molecule has 0 amide bonds. The van der Waals surface area contributed by atoms with E-state index in [4.69, 9.17) is 0 Å². The number of hydrogen-bond acceptors (Lipinski definition) is 1. The highest BCUT2D eigenvalue weighted by atomic mass is 19.3. The van der Waals surface area contributed by atoms with Gasteiger partial charge in [0.2, 0.25) is 0 Å². The predicted octanol–water partition coefficient (Wildman–Crippen LogP) is 3.44. The standard InChI is InChI=1S/C13H23F2N/c1-8(10(14)15)16-11-12(2,3)9-5-6-13(11,4)7-9/h8-11,16H,5-7H2,1-4H3. The topological polar surface area (TPSA) is 12.0 Å². The zero-order valence-corrected chi connectivity index (χ0v) is 10.7. The van der Waals surface area contributed by atoms with Gasteiger partial charge in [-0.05, 0) is 42.9 Å². The maximum Gasteiger partial charge on any atom is 0.253 e. The van der Waals surface area contributed by atoms with Crippen LogP contribution >= 0.6 is 0 Å². The van der Waals surface area contributed by atoms with Crippen LogP contribution in [0.25, 0.3) is 0 Å². The Morgan fingerprint density at radius 1 is 1.25 bits per heavy atom. The van der Waals surface area contributed by atoms with Crippen molar-refractivity contribution in [1.29, 1.82) is 0 Å². The molecule has 2 bridgehead atoms. The number of halogens is 2. The normalized spacial score (nSPS) is 42.9. The van der Waals surface area contributed by atoms with Gasteiger partial charge in [-0.1, -0.05) is 20.8 Å². The highest BCUT2D eigenvalue weighted by Gasteiger charge is 2.59. The van der Waals surface area contributed by atoms with Crippen molar-refractivity contribution in [3.63, 3.8) is 0 Å². The first kappa shape index (κ1) is 12.3. The van der Waals surface area contributed by atoms with Gasteiger partial charge in [-0.25, -0.2) is 8.78 Å². The maximum atomic E-state index is 12.6. The van der Waals surface area contributed by atoms with Gasteiger partial charge in [0.05, 0.1) is 6.04 Å². The summed E-state index contributed by atoms with van der Waals surface area (Å²) >= 11 is 0. The third-order valence-electron chi connectivity index (χ3n) is 5.08. The van der Waals surface area contributed by atoms with Crippen LogP contribution in [-0.2, 0) is 0 Å². The zero-order chi connectivity index (χ0) is 12.1. The first-order valence-electron chi connectivity index (χ1n) is 6.31. The van der Waals surface area contributed by atoms with E-state index in [0.29, 0.717) is 5.92 Å². The minimum atomic E-state index is -2.27. The summed E-state index contributed by atoms with van der Waals surface area (Å²) in [5.74, 6) is 0.708. The summed E-state index contributed by atoms with van der Waals surface area (Å²) in [6.07, 6.45) is 1.39. The van der Waals surface area contributed by atoms with E-state index in [9.17, 15) is 8.78 Å². The molecule has 2 aliphatic rings. The van der Waals surface area contributed by atoms with Gasteiger partial charge in [0.15, 0.2) is 0 Å². The molecule has 0 aromatic heterocycles. The van der Waals surface area contributed by atoms with Gasteiger partial charge in [0.1, 0.15) is 0 Å². The molecule has 1 nitrogen and oxygen atoms in total. The van der Waals surface area contributed by atoms with Crippen LogP contribution in [0, 0.1) is 16.7 Å². The van der Waals surface area contributed by atoms with Gasteiger partial charge in [-0.3, -0.25) is 0 Å². The minimum absolute atomic E-state index is 0.163. The van der Waals surface area contributed by atoms with Crippen molar-refractivity contribution in [2.24, 2.45) is 16.7 Å². The van der Waals surface area contributed by atoms with Crippen molar-refractivity contribution < 1.29 is 8.78 Å². The number of nitrogens with one attached hydrogen (secondary N) is 1. The van der Waals surface area contributed by atoms with Gasteiger partial charge < -0.3 is 5.32 Å². The molecule has 2 aliphatic carbocycles. The van der Waals surface area contributed by atoms with E-state index in [1.165, 1.54) is 19.3 Å². The number of alkyl halides is 2. The molecule has 4 atom stereocenters. The Morgan fingerprint density at radius 2 is 1.88 bits per heavy atom. The van der Waals surface area contributed by atoms with Crippen molar-refractivity contribution in [3.8, 4) is 0 Å². The van der Waals surface area contributed by atoms with Crippen LogP contribution in [0.4, 0.5) is 8.78 Å². The summed E-state index contributed by atoms with van der Waals surface area (Å²) in [4.78, 5) is 0. The third-order valence-corrected chi connectivity index (χ3v) is 5.08. The van der Waals surface area contributed by atoms with Crippen molar-refractivity contribution >= 4 is 0 Å². The highest BCUT2D eigenvalue weighted by Crippen LogP contribution is 2.62. The second kappa shape index (κ2) is 3.66. The quantitative estimate of drug-likeness (QED) is 0.784. The lowest BCUT2D eigenvalue weighted by molar-refractivity contribution is 0.0501. The van der Waals surface area contributed by atoms with E-state index in [-0.39, 0.29) is 16.9 Å². The fraction of sp³-hybridized carbons (Fsp3) is 1.00. The fourth-order valence-electron chi connectivity index (χ4n) is 4.05. The molecule has 0 heterocycles. The molecule has 0 spiro atoms. The average Bonchev–Trinajstić information content (AvgIpc) is 2.63. The molecular formula is C13H23F2N. The predicted molar refractivity (Wildman–Crippen MR) is 61.6 cm³/mol. The van der Waals surface area contributed by atoms with Crippen molar-refractivity contribution in [1.82, 2.24) is 5.32 Å². The smallest absolute Gasteiger partial charge is 0.253 e. The first-order valence-corrected chi connectivity index (χ1v) is 6.31. The summed E-state index contributed by atoms with van der Waals surface area (Å²) in [7, 11) is 0. The van der Waals surface area contributed by atoms with Crippen molar-refractivity contribution in [3.05, 3.63) is 0 Å². The molecule has 0 aliphatic heterocycles. The largest absolute Gasteiger partial charge is 0.305 e. The molecule has 0 saturated heterocycles. The number of hydrogen-bond donors (Lipinski definition) is 1. The molecule has 0 aromatic carbocycles. The van der Waals surface area contributed by atoms with Crippen LogP contribution in [0.1, 0.15) is 47.0 Å². The molecule has 2 fully saturated rings. The van der Waals surface area contributed by atoms with Gasteiger partial charge in [-0.2, -0.15) is 0 Å². The van der Waals surface area contributed by atoms with Crippen molar-refractivity contribution in [2.75, 3.05) is 0 Å². The summed E-state index contributed by atoms with van der Waals surface area (Å²) < 4.78 is 25.3. The monoisotopic (exact) mass is 231 g/mol. The molecule has 1 N–H and O–H groups in total. The lowest BCUT2D eigenvalue weighted by Gasteiger charge is -2.44. The Labute approximate surface area is 97.0 Å². The van der Waals surface area contributed by atoms with Crippen LogP contribution in [0.15, 0.2) is 0 Å². The molecular weight excluding hydrogens is 208 g/mol. The van der Waals surface area contributed by atoms with E-state index in [0.717, 1.165) is 0 Å². The fourth-order valence-corrected chi connectivity index (χ4v) is 4.05. The molecule has 4 unspecified atom stereocenters. The third kappa shape index (κ3) is 1.68. The molecule has 16 heavy (non-hydrogen) atoms. The summed E-state index contributed by atoms with van der Waals surface area (Å²) in [5.41, 5.74) is 0.396. The Balaban J connectivity index is 2.14. The lowest BCUT2D eigenvalue weighted by Crippen LogP contribution is -2.54. The second-order valence-electron chi connectivity index (χ2n) is 6.64. The maximum absolute atomic E-state index is 12.6. The zero-order valence-electron chi connectivity index (χ0n) is 10.7. The summed E-state index contributed by atoms with van der Waals surface area (Å²) in [5, 5.41) is 3.19. The molecule has 0 aromatic rings. The van der Waals surface area contributed by atoms with Gasteiger partial charge >= 0.3 is 0 Å². The van der Waals surface area contributed by atoms with Crippen LogP contribution in [0.2, 0.25) is 0 Å². The minimum Gasteiger partial charge on any atom is -0.305 e. The van der Waals surface area contributed by atoms with Crippen LogP contribution in [0.3, 0.4) is 0 Å². The summed E-state index contributed by atoms with van der Waals surface area (Å²) in [6, 6.07) is -0.455. The van der Waals surface area contributed by atoms with Gasteiger partial charge in [-0.15, -0.1) is 0 Å². The van der Waals surface area contributed by atoms with Crippen LogP contribution in [0.5, 0.6) is 0 Å². The van der Waals surface area contributed by atoms with E-state index >= 15 is 0 Å². The Morgan fingerprint density at radius 3 is 2.31 bits per heavy atom. The molecule has 3 heteroatoms.